The van der Waals surface area contributed by atoms with Crippen LogP contribution in [0.5, 0.6) is 0 Å². The Labute approximate surface area is 237 Å². The van der Waals surface area contributed by atoms with Crippen molar-refractivity contribution in [3.63, 3.8) is 0 Å². The van der Waals surface area contributed by atoms with Gasteiger partial charge in [-0.05, 0) is 24.3 Å². The number of hydrogen-bond acceptors (Lipinski definition) is 6. The van der Waals surface area contributed by atoms with Crippen LogP contribution in [0.2, 0.25) is 9.88 Å². The minimum atomic E-state index is -0.944. The number of carbonyl (C=O) groups is 2. The Bertz CT molecular complexity index is 376. The zero-order chi connectivity index (χ0) is 26.8. The van der Waals surface area contributed by atoms with Crippen molar-refractivity contribution >= 4 is 56.6 Å². The van der Waals surface area contributed by atoms with E-state index in [1.807, 2.05) is 0 Å². The van der Waals surface area contributed by atoms with Crippen molar-refractivity contribution < 1.29 is 19.8 Å². The molecule has 0 radical (unpaired) electrons. The predicted octanol–water partition coefficient (Wildman–Crippen LogP) is 6.79. The summed E-state index contributed by atoms with van der Waals surface area (Å²) >= 11 is 3.18. The van der Waals surface area contributed by atoms with Gasteiger partial charge in [-0.1, -0.05) is 117 Å². The maximum absolute atomic E-state index is 10.1. The van der Waals surface area contributed by atoms with Crippen LogP contribution in [0.15, 0.2) is 0 Å². The van der Waals surface area contributed by atoms with E-state index < -0.39 is 11.9 Å². The Balaban J connectivity index is -0.000000525. The van der Waals surface area contributed by atoms with E-state index in [1.54, 1.807) is 0 Å². The molecule has 0 aliphatic rings. The Morgan fingerprint density at radius 2 is 0.743 bits per heavy atom. The van der Waals surface area contributed by atoms with Crippen LogP contribution in [-0.2, 0) is 9.59 Å². The summed E-state index contributed by atoms with van der Waals surface area (Å²) in [7, 11) is 0. The van der Waals surface area contributed by atoms with Crippen molar-refractivity contribution in [2.75, 3.05) is 23.0 Å². The Kier molecular flexibility index (Phi) is 44.5. The summed E-state index contributed by atoms with van der Waals surface area (Å²) in [6.07, 6.45) is 23.7. The van der Waals surface area contributed by atoms with Crippen molar-refractivity contribution in [1.82, 2.24) is 0 Å². The first kappa shape index (κ1) is 39.9. The standard InChI is InChI=1S/2C13H26O2S.2CH3.Sn/c2*1-2-3-4-5-6-7-8-9-10-11-16-12-13(14)15;;;/h2*2-12H2,1H3,(H,14,15);2*1H3;/q;;;;+2/p-2. The first-order valence-corrected chi connectivity index (χ1v) is 22.1. The minimum absolute atomic E-state index is 0.150. The van der Waals surface area contributed by atoms with Gasteiger partial charge in [0.25, 0.3) is 0 Å². The first-order chi connectivity index (χ1) is 17.0. The zero-order valence-corrected chi connectivity index (χ0v) is 28.0. The average molecular weight is 640 g/mol. The third kappa shape index (κ3) is 51.8. The van der Waals surface area contributed by atoms with Gasteiger partial charge in [0.05, 0.1) is 11.9 Å². The molecule has 0 aliphatic carbocycles. The number of carboxylic acids is 2. The molecular formula is C28H56O4S2Sn. The monoisotopic (exact) mass is 640 g/mol. The molecule has 35 heavy (non-hydrogen) atoms. The second kappa shape index (κ2) is 39.0. The fourth-order valence-electron chi connectivity index (χ4n) is 3.34. The normalized spacial score (nSPS) is 9.94. The molecule has 0 aromatic rings. The zero-order valence-electron chi connectivity index (χ0n) is 23.5. The van der Waals surface area contributed by atoms with Crippen molar-refractivity contribution in [3.05, 3.63) is 0 Å². The van der Waals surface area contributed by atoms with E-state index in [2.05, 4.69) is 23.7 Å². The number of carboxylic acid groups (broad SMARTS) is 2. The summed E-state index contributed by atoms with van der Waals surface area (Å²) in [6, 6.07) is 0. The number of rotatable bonds is 24. The van der Waals surface area contributed by atoms with E-state index in [0.717, 1.165) is 24.3 Å². The molecule has 0 aliphatic heterocycles. The van der Waals surface area contributed by atoms with Gasteiger partial charge in [0.15, 0.2) is 0 Å². The summed E-state index contributed by atoms with van der Waals surface area (Å²) in [5, 5.41) is 20.3. The summed E-state index contributed by atoms with van der Waals surface area (Å²) in [6.45, 7) is 4.48. The first-order valence-electron chi connectivity index (χ1n) is 14.1. The van der Waals surface area contributed by atoms with E-state index in [9.17, 15) is 19.8 Å². The number of unbranched alkanes of at least 4 members (excludes halogenated alkanes) is 16. The molecular weight excluding hydrogens is 583 g/mol. The number of aliphatic carboxylic acids is 2. The number of thioether (sulfide) groups is 2. The molecule has 0 N–H and O–H groups in total. The molecule has 0 rings (SSSR count). The molecule has 7 heteroatoms. The van der Waals surface area contributed by atoms with Gasteiger partial charge >= 0.3 is 31.0 Å². The van der Waals surface area contributed by atoms with E-state index in [-0.39, 0.29) is 32.6 Å². The molecule has 0 bridgehead atoms. The van der Waals surface area contributed by atoms with Gasteiger partial charge in [0.2, 0.25) is 0 Å². The van der Waals surface area contributed by atoms with Crippen LogP contribution >= 0.6 is 23.5 Å². The predicted molar refractivity (Wildman–Crippen MR) is 157 cm³/mol. The topological polar surface area (TPSA) is 80.3 Å². The second-order valence-corrected chi connectivity index (χ2v) is 14.1. The van der Waals surface area contributed by atoms with Gasteiger partial charge in [0, 0.05) is 11.5 Å². The fraction of sp³-hybridized carbons (Fsp3) is 0.929. The van der Waals surface area contributed by atoms with Gasteiger partial charge in [-0.25, -0.2) is 0 Å². The van der Waals surface area contributed by atoms with Crippen LogP contribution in [-0.4, -0.2) is 56.1 Å². The van der Waals surface area contributed by atoms with Gasteiger partial charge in [-0.3, -0.25) is 0 Å². The van der Waals surface area contributed by atoms with Gasteiger partial charge in [0.1, 0.15) is 0 Å². The quantitative estimate of drug-likeness (QED) is 0.0856. The van der Waals surface area contributed by atoms with Gasteiger partial charge in [-0.2, -0.15) is 23.5 Å². The summed E-state index contributed by atoms with van der Waals surface area (Å²) in [4.78, 5) is 24.8. The van der Waals surface area contributed by atoms with Crippen LogP contribution in [0.1, 0.15) is 129 Å². The third-order valence-corrected chi connectivity index (χ3v) is 7.26. The molecule has 0 unspecified atom stereocenters. The van der Waals surface area contributed by atoms with Crippen LogP contribution in [0, 0.1) is 0 Å². The molecule has 0 spiro atoms. The summed E-state index contributed by atoms with van der Waals surface area (Å²) < 4.78 is 0. The summed E-state index contributed by atoms with van der Waals surface area (Å²) in [5.74, 6) is 0.337. The fourth-order valence-corrected chi connectivity index (χ4v) is 4.78. The van der Waals surface area contributed by atoms with Crippen LogP contribution < -0.4 is 10.2 Å². The van der Waals surface area contributed by atoms with E-state index in [4.69, 9.17) is 0 Å². The van der Waals surface area contributed by atoms with Crippen molar-refractivity contribution in [3.8, 4) is 0 Å². The summed E-state index contributed by atoms with van der Waals surface area (Å²) in [5.41, 5.74) is 0. The average Bonchev–Trinajstić information content (AvgIpc) is 2.81. The van der Waals surface area contributed by atoms with Crippen LogP contribution in [0.25, 0.3) is 0 Å². The number of hydrogen-bond donors (Lipinski definition) is 0. The third-order valence-electron chi connectivity index (χ3n) is 5.22. The SMILES string of the molecule is CCCCCCCCCCCSCC(=O)[O-].CCCCCCCCCCCSCC(=O)[O-].[CH3][Sn+2][CH3]. The van der Waals surface area contributed by atoms with Crippen molar-refractivity contribution in [2.45, 2.75) is 139 Å². The Hall–Kier alpha value is 0.439. The molecule has 0 fully saturated rings. The van der Waals surface area contributed by atoms with Crippen LogP contribution in [0.3, 0.4) is 0 Å². The van der Waals surface area contributed by atoms with Gasteiger partial charge < -0.3 is 19.8 Å². The molecule has 0 atom stereocenters. The van der Waals surface area contributed by atoms with E-state index in [0.29, 0.717) is 0 Å². The molecule has 0 saturated carbocycles. The second-order valence-electron chi connectivity index (χ2n) is 9.01. The van der Waals surface area contributed by atoms with E-state index in [1.165, 1.54) is 126 Å². The molecule has 0 heterocycles. The van der Waals surface area contributed by atoms with Crippen LogP contribution in [0.4, 0.5) is 0 Å². The number of carbonyl (C=O) groups excluding carboxylic acids is 2. The molecule has 4 nitrogen and oxygen atoms in total. The Morgan fingerprint density at radius 1 is 0.514 bits per heavy atom. The van der Waals surface area contributed by atoms with Gasteiger partial charge in [-0.15, -0.1) is 0 Å². The molecule has 0 saturated heterocycles. The molecule has 208 valence electrons. The molecule has 0 aromatic heterocycles. The molecule has 0 aromatic carbocycles. The molecule has 0 amide bonds. The van der Waals surface area contributed by atoms with Crippen molar-refractivity contribution in [2.24, 2.45) is 0 Å². The van der Waals surface area contributed by atoms with E-state index >= 15 is 0 Å². The van der Waals surface area contributed by atoms with Crippen molar-refractivity contribution in [1.29, 1.82) is 0 Å². The maximum atomic E-state index is 10.1. The Morgan fingerprint density at radius 3 is 0.971 bits per heavy atom.